The fourth-order valence-electron chi connectivity index (χ4n) is 1.29. The fraction of sp³-hybridized carbons (Fsp3) is 0. The lowest BCUT2D eigenvalue weighted by Crippen LogP contribution is -2.15. The van der Waals surface area contributed by atoms with E-state index in [0.29, 0.717) is 0 Å². The molecule has 1 aromatic carbocycles. The number of nitrogen functional groups attached to an aromatic ring is 4. The highest BCUT2D eigenvalue weighted by Gasteiger charge is 2.13. The highest BCUT2D eigenvalue weighted by Crippen LogP contribution is 2.20. The van der Waals surface area contributed by atoms with Crippen LogP contribution in [0.2, 0.25) is 0 Å². The van der Waals surface area contributed by atoms with Crippen LogP contribution in [0.4, 0.5) is 22.9 Å². The van der Waals surface area contributed by atoms with Crippen LogP contribution in [0.15, 0.2) is 27.9 Å². The zero-order valence-electron chi connectivity index (χ0n) is 11.0. The van der Waals surface area contributed by atoms with E-state index < -0.39 is 15.7 Å². The van der Waals surface area contributed by atoms with Gasteiger partial charge >= 0.3 is 0 Å². The molecule has 0 aliphatic carbocycles. The average Bonchev–Trinajstić information content (AvgIpc) is 2.38. The maximum absolute atomic E-state index is 10.7. The lowest BCUT2D eigenvalue weighted by Gasteiger charge is -2.02. The molecule has 12 heteroatoms. The van der Waals surface area contributed by atoms with E-state index in [4.69, 9.17) is 27.5 Å². The molecule has 0 bridgehead atoms. The Bertz CT molecular complexity index is 902. The SMILES string of the molecule is Nc1[nH]c(=S)[nH]c(=O)c1N.Nc1ccc(N)c(S(=O)(=O)O)c1. The summed E-state index contributed by atoms with van der Waals surface area (Å²) in [7, 11) is -4.26. The molecule has 10 nitrogen and oxygen atoms in total. The van der Waals surface area contributed by atoms with Crippen LogP contribution in [0.3, 0.4) is 0 Å². The van der Waals surface area contributed by atoms with E-state index in [2.05, 4.69) is 22.2 Å². The van der Waals surface area contributed by atoms with Gasteiger partial charge in [0.1, 0.15) is 16.4 Å². The van der Waals surface area contributed by atoms with E-state index in [1.165, 1.54) is 12.1 Å². The van der Waals surface area contributed by atoms with Gasteiger partial charge in [-0.1, -0.05) is 0 Å². The van der Waals surface area contributed by atoms with Crippen molar-refractivity contribution in [3.8, 4) is 0 Å². The zero-order valence-corrected chi connectivity index (χ0v) is 12.7. The maximum Gasteiger partial charge on any atom is 0.296 e. The standard InChI is InChI=1S/C6H8N2O3S.C4H6N4OS/c7-4-1-2-5(8)6(3-4)12(9,10)11;5-1-2(6)7-4(10)8-3(1)9/h1-3H,7-8H2,(H,9,10,11);5H2,(H4,6,7,8,9,10). The molecule has 11 N–H and O–H groups in total. The molecular weight excluding hydrogens is 332 g/mol. The van der Waals surface area contributed by atoms with Crippen molar-refractivity contribution < 1.29 is 13.0 Å². The molecule has 0 aliphatic rings. The number of hydrogen-bond acceptors (Lipinski definition) is 8. The molecule has 120 valence electrons. The van der Waals surface area contributed by atoms with Gasteiger partial charge in [0.15, 0.2) is 4.77 Å². The average molecular weight is 346 g/mol. The monoisotopic (exact) mass is 346 g/mol. The number of nitrogens with two attached hydrogens (primary N) is 4. The second-order valence-electron chi connectivity index (χ2n) is 4.01. The minimum atomic E-state index is -4.26. The second kappa shape index (κ2) is 6.46. The van der Waals surface area contributed by atoms with Gasteiger partial charge in [0.25, 0.3) is 15.7 Å². The molecule has 0 fully saturated rings. The summed E-state index contributed by atoms with van der Waals surface area (Å²) in [5, 5.41) is 0. The van der Waals surface area contributed by atoms with Crippen molar-refractivity contribution in [2.45, 2.75) is 4.90 Å². The largest absolute Gasteiger partial charge is 0.399 e. The van der Waals surface area contributed by atoms with Gasteiger partial charge in [0.05, 0.1) is 5.69 Å². The molecule has 22 heavy (non-hydrogen) atoms. The number of nitrogens with one attached hydrogen (secondary N) is 2. The van der Waals surface area contributed by atoms with Gasteiger partial charge in [0.2, 0.25) is 0 Å². The molecule has 0 atom stereocenters. The predicted molar refractivity (Wildman–Crippen MR) is 86.2 cm³/mol. The molecule has 0 amide bonds. The smallest absolute Gasteiger partial charge is 0.296 e. The summed E-state index contributed by atoms with van der Waals surface area (Å²) in [6.45, 7) is 0. The summed E-state index contributed by atoms with van der Waals surface area (Å²) in [6.07, 6.45) is 0. The highest BCUT2D eigenvalue weighted by molar-refractivity contribution is 7.86. The van der Waals surface area contributed by atoms with E-state index in [-0.39, 0.29) is 32.5 Å². The molecule has 2 rings (SSSR count). The van der Waals surface area contributed by atoms with E-state index in [0.717, 1.165) is 6.07 Å². The van der Waals surface area contributed by atoms with Crippen LogP contribution in [0.1, 0.15) is 0 Å². The first-order valence-corrected chi connectivity index (χ1v) is 7.37. The summed E-state index contributed by atoms with van der Waals surface area (Å²) in [4.78, 5) is 15.1. The van der Waals surface area contributed by atoms with Gasteiger partial charge < -0.3 is 27.9 Å². The van der Waals surface area contributed by atoms with Crippen molar-refractivity contribution in [1.82, 2.24) is 9.97 Å². The van der Waals surface area contributed by atoms with Gasteiger partial charge in [-0.2, -0.15) is 8.42 Å². The number of aromatic amines is 2. The lowest BCUT2D eigenvalue weighted by molar-refractivity contribution is 0.483. The van der Waals surface area contributed by atoms with Gasteiger partial charge in [-0.25, -0.2) is 0 Å². The van der Waals surface area contributed by atoms with Gasteiger partial charge in [-0.3, -0.25) is 14.3 Å². The summed E-state index contributed by atoms with van der Waals surface area (Å²) in [5.74, 6) is 0.105. The minimum absolute atomic E-state index is 0.0216. The summed E-state index contributed by atoms with van der Waals surface area (Å²) < 4.78 is 30.1. The Morgan fingerprint density at radius 2 is 1.68 bits per heavy atom. The van der Waals surface area contributed by atoms with Crippen LogP contribution in [-0.2, 0) is 10.1 Å². The van der Waals surface area contributed by atoms with Crippen molar-refractivity contribution in [1.29, 1.82) is 0 Å². The zero-order chi connectivity index (χ0) is 17.1. The number of rotatable bonds is 1. The number of aromatic nitrogens is 2. The van der Waals surface area contributed by atoms with Crippen LogP contribution in [0.5, 0.6) is 0 Å². The van der Waals surface area contributed by atoms with Crippen LogP contribution < -0.4 is 28.5 Å². The quantitative estimate of drug-likeness (QED) is 0.205. The highest BCUT2D eigenvalue weighted by atomic mass is 32.2. The van der Waals surface area contributed by atoms with Gasteiger partial charge in [0, 0.05) is 5.69 Å². The summed E-state index contributed by atoms with van der Waals surface area (Å²) >= 11 is 4.60. The molecule has 2 aromatic rings. The first-order valence-electron chi connectivity index (χ1n) is 5.52. The Morgan fingerprint density at radius 1 is 1.09 bits per heavy atom. The molecular formula is C10H14N6O4S2. The van der Waals surface area contributed by atoms with E-state index in [1.54, 1.807) is 0 Å². The van der Waals surface area contributed by atoms with Crippen LogP contribution in [0.25, 0.3) is 0 Å². The molecule has 0 unspecified atom stereocenters. The third-order valence-corrected chi connectivity index (χ3v) is 3.44. The third-order valence-electron chi connectivity index (χ3n) is 2.33. The number of hydrogen-bond donors (Lipinski definition) is 7. The summed E-state index contributed by atoms with van der Waals surface area (Å²) in [6, 6.07) is 3.87. The Hall–Kier alpha value is -2.57. The second-order valence-corrected chi connectivity index (χ2v) is 5.81. The predicted octanol–water partition coefficient (Wildman–Crippen LogP) is -0.305. The molecule has 0 aliphatic heterocycles. The molecule has 0 spiro atoms. The Morgan fingerprint density at radius 3 is 2.14 bits per heavy atom. The molecule has 0 saturated carbocycles. The Balaban J connectivity index is 0.000000224. The molecule has 1 heterocycles. The normalized spacial score (nSPS) is 10.6. The molecule has 0 radical (unpaired) electrons. The first kappa shape index (κ1) is 17.5. The third kappa shape index (κ3) is 4.47. The lowest BCUT2D eigenvalue weighted by atomic mass is 10.3. The van der Waals surface area contributed by atoms with Crippen LogP contribution in [-0.4, -0.2) is 22.9 Å². The van der Waals surface area contributed by atoms with Gasteiger partial charge in [-0.15, -0.1) is 0 Å². The number of anilines is 4. The van der Waals surface area contributed by atoms with Crippen molar-refractivity contribution in [3.05, 3.63) is 33.3 Å². The number of benzene rings is 1. The Kier molecular flexibility index (Phi) is 5.14. The van der Waals surface area contributed by atoms with E-state index in [1.807, 2.05) is 0 Å². The topological polar surface area (TPSA) is 207 Å². The fourth-order valence-corrected chi connectivity index (χ4v) is 2.14. The van der Waals surface area contributed by atoms with Gasteiger partial charge in [-0.05, 0) is 30.4 Å². The van der Waals surface area contributed by atoms with Crippen molar-refractivity contribution in [2.75, 3.05) is 22.9 Å². The van der Waals surface area contributed by atoms with Crippen molar-refractivity contribution >= 4 is 45.2 Å². The van der Waals surface area contributed by atoms with Crippen molar-refractivity contribution in [2.24, 2.45) is 0 Å². The van der Waals surface area contributed by atoms with Crippen molar-refractivity contribution in [3.63, 3.8) is 0 Å². The van der Waals surface area contributed by atoms with E-state index >= 15 is 0 Å². The first-order chi connectivity index (χ1) is 10.0. The van der Waals surface area contributed by atoms with Crippen LogP contribution >= 0.6 is 12.2 Å². The van der Waals surface area contributed by atoms with Crippen LogP contribution in [0, 0.1) is 4.77 Å². The molecule has 1 aromatic heterocycles. The summed E-state index contributed by atoms with van der Waals surface area (Å²) in [5.41, 5.74) is 20.8. The molecule has 0 saturated heterocycles. The maximum atomic E-state index is 10.7. The Labute approximate surface area is 129 Å². The minimum Gasteiger partial charge on any atom is -0.399 e. The number of H-pyrrole nitrogens is 2. The van der Waals surface area contributed by atoms with E-state index in [9.17, 15) is 13.2 Å².